The van der Waals surface area contributed by atoms with E-state index in [4.69, 9.17) is 16.3 Å². The average Bonchev–Trinajstić information content (AvgIpc) is 2.16. The fourth-order valence-corrected chi connectivity index (χ4v) is 1.92. The minimum Gasteiger partial charge on any atom is -0.381 e. The highest BCUT2D eigenvalue weighted by Gasteiger charge is 2.19. The van der Waals surface area contributed by atoms with Crippen molar-refractivity contribution in [3.05, 3.63) is 0 Å². The lowest BCUT2D eigenvalue weighted by molar-refractivity contribution is 0.163. The molecule has 0 unspecified atom stereocenters. The van der Waals surface area contributed by atoms with Gasteiger partial charge in [-0.15, -0.1) is 11.6 Å². The van der Waals surface area contributed by atoms with Crippen molar-refractivity contribution in [3.63, 3.8) is 0 Å². The van der Waals surface area contributed by atoms with Gasteiger partial charge in [-0.05, 0) is 12.3 Å². The molecule has 0 fully saturated rings. The van der Waals surface area contributed by atoms with Crippen LogP contribution in [0.15, 0.2) is 0 Å². The molecule has 1 N–H and O–H groups in total. The maximum Gasteiger partial charge on any atom is 0.213 e. The number of alkyl halides is 1. The summed E-state index contributed by atoms with van der Waals surface area (Å²) >= 11 is 5.69. The van der Waals surface area contributed by atoms with Gasteiger partial charge in [-0.2, -0.15) is 0 Å². The monoisotopic (exact) mass is 257 g/mol. The maximum absolute atomic E-state index is 11.4. The highest BCUT2D eigenvalue weighted by atomic mass is 35.5. The summed E-state index contributed by atoms with van der Waals surface area (Å²) in [5, 5.41) is 0. The van der Waals surface area contributed by atoms with Crippen molar-refractivity contribution in [3.8, 4) is 0 Å². The topological polar surface area (TPSA) is 55.4 Å². The summed E-state index contributed by atoms with van der Waals surface area (Å²) in [6.45, 7) is 6.76. The zero-order chi connectivity index (χ0) is 11.9. The molecule has 0 rings (SSSR count). The third kappa shape index (κ3) is 8.02. The van der Waals surface area contributed by atoms with Crippen LogP contribution in [0.25, 0.3) is 0 Å². The van der Waals surface area contributed by atoms with Gasteiger partial charge in [0, 0.05) is 19.0 Å². The average molecular weight is 258 g/mol. The summed E-state index contributed by atoms with van der Waals surface area (Å²) in [5.74, 6) is 0.417. The van der Waals surface area contributed by atoms with Crippen molar-refractivity contribution in [2.24, 2.45) is 5.41 Å². The first kappa shape index (κ1) is 15.2. The van der Waals surface area contributed by atoms with Crippen LogP contribution >= 0.6 is 11.6 Å². The molecular weight excluding hydrogens is 238 g/mol. The molecule has 0 spiro atoms. The van der Waals surface area contributed by atoms with Gasteiger partial charge >= 0.3 is 0 Å². The highest BCUT2D eigenvalue weighted by Crippen LogP contribution is 2.15. The fourth-order valence-electron chi connectivity index (χ4n) is 0.738. The normalized spacial score (nSPS) is 13.1. The molecule has 6 heteroatoms. The van der Waals surface area contributed by atoms with E-state index in [-0.39, 0.29) is 17.8 Å². The summed E-state index contributed by atoms with van der Waals surface area (Å²) in [7, 11) is -3.23. The lowest BCUT2D eigenvalue weighted by atomic mass is 9.97. The third-order valence-electron chi connectivity index (χ3n) is 1.83. The second-order valence-electron chi connectivity index (χ2n) is 4.13. The number of nitrogens with one attached hydrogen (secondary N) is 1. The minimum atomic E-state index is -3.23. The lowest BCUT2D eigenvalue weighted by Gasteiger charge is -2.21. The van der Waals surface area contributed by atoms with E-state index in [1.807, 2.05) is 20.8 Å². The van der Waals surface area contributed by atoms with Gasteiger partial charge in [-0.1, -0.05) is 13.8 Å². The van der Waals surface area contributed by atoms with Crippen molar-refractivity contribution < 1.29 is 13.2 Å². The van der Waals surface area contributed by atoms with E-state index in [0.717, 1.165) is 0 Å². The van der Waals surface area contributed by atoms with Crippen LogP contribution < -0.4 is 4.72 Å². The molecule has 0 aliphatic carbocycles. The third-order valence-corrected chi connectivity index (χ3v) is 3.84. The molecule has 0 aromatic carbocycles. The lowest BCUT2D eigenvalue weighted by Crippen LogP contribution is -2.37. The van der Waals surface area contributed by atoms with Gasteiger partial charge in [0.15, 0.2) is 0 Å². The number of ether oxygens (including phenoxy) is 1. The van der Waals surface area contributed by atoms with Gasteiger partial charge in [0.05, 0.1) is 12.4 Å². The first-order chi connectivity index (χ1) is 6.83. The molecule has 4 nitrogen and oxygen atoms in total. The molecule has 0 saturated carbocycles. The number of halogens is 1. The van der Waals surface area contributed by atoms with Crippen molar-refractivity contribution in [2.45, 2.75) is 20.8 Å². The van der Waals surface area contributed by atoms with Crippen LogP contribution in [0.4, 0.5) is 0 Å². The molecule has 15 heavy (non-hydrogen) atoms. The van der Waals surface area contributed by atoms with E-state index < -0.39 is 10.0 Å². The zero-order valence-electron chi connectivity index (χ0n) is 9.55. The molecule has 0 aromatic rings. The second kappa shape index (κ2) is 6.68. The molecule has 92 valence electrons. The Kier molecular flexibility index (Phi) is 6.75. The summed E-state index contributed by atoms with van der Waals surface area (Å²) in [6.07, 6.45) is 0. The Morgan fingerprint density at radius 3 is 2.47 bits per heavy atom. The van der Waals surface area contributed by atoms with E-state index in [2.05, 4.69) is 4.72 Å². The van der Waals surface area contributed by atoms with Crippen LogP contribution in [-0.2, 0) is 14.8 Å². The van der Waals surface area contributed by atoms with Gasteiger partial charge in [-0.25, -0.2) is 13.1 Å². The molecule has 0 bridgehead atoms. The minimum absolute atomic E-state index is 0.000788. The Morgan fingerprint density at radius 2 is 2.00 bits per heavy atom. The van der Waals surface area contributed by atoms with Crippen molar-refractivity contribution in [1.29, 1.82) is 0 Å². The first-order valence-corrected chi connectivity index (χ1v) is 7.13. The van der Waals surface area contributed by atoms with Crippen LogP contribution in [-0.4, -0.2) is 39.8 Å². The van der Waals surface area contributed by atoms with E-state index in [1.54, 1.807) is 0 Å². The Labute approximate surface area is 97.4 Å². The Balaban J connectivity index is 3.94. The SMILES string of the molecule is CCOCCS(=O)(=O)NCC(C)(C)CCl. The molecule has 0 aliphatic rings. The zero-order valence-corrected chi connectivity index (χ0v) is 11.1. The van der Waals surface area contributed by atoms with Crippen LogP contribution in [0.2, 0.25) is 0 Å². The first-order valence-electron chi connectivity index (χ1n) is 4.94. The van der Waals surface area contributed by atoms with Crippen LogP contribution in [0.3, 0.4) is 0 Å². The van der Waals surface area contributed by atoms with Crippen molar-refractivity contribution >= 4 is 21.6 Å². The van der Waals surface area contributed by atoms with Gasteiger partial charge in [0.1, 0.15) is 0 Å². The van der Waals surface area contributed by atoms with Crippen LogP contribution in [0, 0.1) is 5.41 Å². The maximum atomic E-state index is 11.4. The van der Waals surface area contributed by atoms with E-state index in [0.29, 0.717) is 19.0 Å². The summed E-state index contributed by atoms with van der Waals surface area (Å²) in [6, 6.07) is 0. The van der Waals surface area contributed by atoms with E-state index in [1.165, 1.54) is 0 Å². The van der Waals surface area contributed by atoms with Gasteiger partial charge in [-0.3, -0.25) is 0 Å². The van der Waals surface area contributed by atoms with E-state index in [9.17, 15) is 8.42 Å². The second-order valence-corrected chi connectivity index (χ2v) is 6.33. The molecule has 0 amide bonds. The fraction of sp³-hybridized carbons (Fsp3) is 1.00. The molecule has 0 aromatic heterocycles. The smallest absolute Gasteiger partial charge is 0.213 e. The number of sulfonamides is 1. The Morgan fingerprint density at radius 1 is 1.40 bits per heavy atom. The molecule has 0 atom stereocenters. The van der Waals surface area contributed by atoms with Gasteiger partial charge in [0.25, 0.3) is 0 Å². The Bertz CT molecular complexity index is 265. The number of hydrogen-bond acceptors (Lipinski definition) is 3. The number of rotatable bonds is 8. The molecule has 0 saturated heterocycles. The molecule has 0 aliphatic heterocycles. The van der Waals surface area contributed by atoms with Crippen LogP contribution in [0.1, 0.15) is 20.8 Å². The predicted molar refractivity (Wildman–Crippen MR) is 62.8 cm³/mol. The predicted octanol–water partition coefficient (Wildman–Crippen LogP) is 1.21. The van der Waals surface area contributed by atoms with Gasteiger partial charge < -0.3 is 4.74 Å². The Hall–Kier alpha value is 0.160. The van der Waals surface area contributed by atoms with Crippen molar-refractivity contribution in [2.75, 3.05) is 31.4 Å². The van der Waals surface area contributed by atoms with Crippen LogP contribution in [0.5, 0.6) is 0 Å². The molecule has 0 heterocycles. The quantitative estimate of drug-likeness (QED) is 0.525. The number of hydrogen-bond donors (Lipinski definition) is 1. The van der Waals surface area contributed by atoms with E-state index >= 15 is 0 Å². The standard InChI is InChI=1S/C9H20ClNO3S/c1-4-14-5-6-15(12,13)11-8-9(2,3)7-10/h11H,4-8H2,1-3H3. The van der Waals surface area contributed by atoms with Gasteiger partial charge in [0.2, 0.25) is 10.0 Å². The largest absolute Gasteiger partial charge is 0.381 e. The van der Waals surface area contributed by atoms with Crippen molar-refractivity contribution in [1.82, 2.24) is 4.72 Å². The summed E-state index contributed by atoms with van der Waals surface area (Å²) < 4.78 is 30.4. The summed E-state index contributed by atoms with van der Waals surface area (Å²) in [5.41, 5.74) is -0.222. The highest BCUT2D eigenvalue weighted by molar-refractivity contribution is 7.89. The molecular formula is C9H20ClNO3S. The molecule has 0 radical (unpaired) electrons. The summed E-state index contributed by atoms with van der Waals surface area (Å²) in [4.78, 5) is 0.